The topological polar surface area (TPSA) is 46.3 Å². The van der Waals surface area contributed by atoms with Crippen molar-refractivity contribution in [3.05, 3.63) is 21.9 Å². The number of nitrogens with two attached hydrogens (primary N) is 1. The molecule has 1 saturated heterocycles. The molecule has 0 atom stereocenters. The Morgan fingerprint density at radius 2 is 2.25 bits per heavy atom. The molecule has 0 unspecified atom stereocenters. The van der Waals surface area contributed by atoms with Gasteiger partial charge in [0.2, 0.25) is 0 Å². The van der Waals surface area contributed by atoms with Gasteiger partial charge in [0.1, 0.15) is 0 Å². The van der Waals surface area contributed by atoms with E-state index in [0.717, 1.165) is 36.4 Å². The minimum absolute atomic E-state index is 0.253. The van der Waals surface area contributed by atoms with E-state index in [-0.39, 0.29) is 5.78 Å². The van der Waals surface area contributed by atoms with Crippen molar-refractivity contribution in [3.8, 4) is 0 Å². The maximum atomic E-state index is 12.0. The highest BCUT2D eigenvalue weighted by Crippen LogP contribution is 2.17. The number of piperidine rings is 1. The van der Waals surface area contributed by atoms with E-state index in [9.17, 15) is 4.79 Å². The summed E-state index contributed by atoms with van der Waals surface area (Å²) in [6.07, 6.45) is 2.02. The van der Waals surface area contributed by atoms with Crippen molar-refractivity contribution in [3.63, 3.8) is 0 Å². The van der Waals surface area contributed by atoms with Crippen LogP contribution in [-0.2, 0) is 0 Å². The van der Waals surface area contributed by atoms with Gasteiger partial charge in [-0.1, -0.05) is 0 Å². The first-order valence-corrected chi connectivity index (χ1v) is 6.60. The second-order valence-electron chi connectivity index (χ2n) is 4.47. The number of Topliss-reactive ketones (excluding diaryl/α,β-unsaturated/α-hetero) is 1. The van der Waals surface area contributed by atoms with E-state index in [2.05, 4.69) is 4.90 Å². The van der Waals surface area contributed by atoms with Gasteiger partial charge in [-0.2, -0.15) is 0 Å². The number of hydrogen-bond acceptors (Lipinski definition) is 4. The van der Waals surface area contributed by atoms with Crippen LogP contribution in [-0.4, -0.2) is 36.4 Å². The van der Waals surface area contributed by atoms with Gasteiger partial charge in [-0.05, 0) is 36.8 Å². The first-order chi connectivity index (χ1) is 7.66. The van der Waals surface area contributed by atoms with Gasteiger partial charge in [-0.15, -0.1) is 11.3 Å². The minimum Gasteiger partial charge on any atom is -0.328 e. The van der Waals surface area contributed by atoms with Crippen molar-refractivity contribution in [2.75, 3.05) is 19.6 Å². The Balaban J connectivity index is 1.91. The lowest BCUT2D eigenvalue weighted by Crippen LogP contribution is -2.41. The summed E-state index contributed by atoms with van der Waals surface area (Å²) < 4.78 is 0. The standard InChI is InChI=1S/C12H18N2OS/c1-9-4-7-16-12(9)11(15)8-14-5-2-10(13)3-6-14/h4,7,10H,2-3,5-6,8,13H2,1H3. The smallest absolute Gasteiger partial charge is 0.186 e. The van der Waals surface area contributed by atoms with Crippen LogP contribution in [0.3, 0.4) is 0 Å². The molecule has 0 bridgehead atoms. The van der Waals surface area contributed by atoms with Gasteiger partial charge < -0.3 is 5.73 Å². The summed E-state index contributed by atoms with van der Waals surface area (Å²) in [6, 6.07) is 2.33. The fourth-order valence-corrected chi connectivity index (χ4v) is 2.90. The van der Waals surface area contributed by atoms with Crippen molar-refractivity contribution in [2.45, 2.75) is 25.8 Å². The highest BCUT2D eigenvalue weighted by molar-refractivity contribution is 7.12. The van der Waals surface area contributed by atoms with Gasteiger partial charge in [0.25, 0.3) is 0 Å². The lowest BCUT2D eigenvalue weighted by atomic mass is 10.1. The van der Waals surface area contributed by atoms with E-state index in [4.69, 9.17) is 5.73 Å². The molecular formula is C12H18N2OS. The Hall–Kier alpha value is -0.710. The van der Waals surface area contributed by atoms with Crippen LogP contribution in [0, 0.1) is 6.92 Å². The Labute approximate surface area is 100 Å². The van der Waals surface area contributed by atoms with Crippen molar-refractivity contribution in [1.29, 1.82) is 0 Å². The van der Waals surface area contributed by atoms with E-state index in [0.29, 0.717) is 12.6 Å². The molecule has 0 saturated carbocycles. The summed E-state index contributed by atoms with van der Waals surface area (Å²) in [5.74, 6) is 0.253. The SMILES string of the molecule is Cc1ccsc1C(=O)CN1CCC(N)CC1. The van der Waals surface area contributed by atoms with E-state index < -0.39 is 0 Å². The van der Waals surface area contributed by atoms with Crippen LogP contribution in [0.1, 0.15) is 28.1 Å². The molecule has 0 aromatic carbocycles. The third-order valence-electron chi connectivity index (χ3n) is 3.11. The molecule has 0 radical (unpaired) electrons. The molecule has 1 fully saturated rings. The summed E-state index contributed by atoms with van der Waals surface area (Å²) in [5.41, 5.74) is 6.94. The van der Waals surface area contributed by atoms with Crippen molar-refractivity contribution in [1.82, 2.24) is 4.90 Å². The van der Waals surface area contributed by atoms with E-state index >= 15 is 0 Å². The summed E-state index contributed by atoms with van der Waals surface area (Å²) in [7, 11) is 0. The van der Waals surface area contributed by atoms with Crippen LogP contribution in [0.2, 0.25) is 0 Å². The average Bonchev–Trinajstić information content (AvgIpc) is 2.68. The number of hydrogen-bond donors (Lipinski definition) is 1. The van der Waals surface area contributed by atoms with Gasteiger partial charge in [-0.3, -0.25) is 9.69 Å². The molecule has 1 aromatic heterocycles. The lowest BCUT2D eigenvalue weighted by molar-refractivity contribution is 0.0913. The van der Waals surface area contributed by atoms with Crippen LogP contribution in [0.4, 0.5) is 0 Å². The van der Waals surface area contributed by atoms with Crippen molar-refractivity contribution in [2.24, 2.45) is 5.73 Å². The van der Waals surface area contributed by atoms with Gasteiger partial charge >= 0.3 is 0 Å². The number of carbonyl (C=O) groups is 1. The first-order valence-electron chi connectivity index (χ1n) is 5.72. The Morgan fingerprint density at radius 3 is 2.81 bits per heavy atom. The monoisotopic (exact) mass is 238 g/mol. The molecule has 0 amide bonds. The quantitative estimate of drug-likeness (QED) is 0.815. The number of aryl methyl sites for hydroxylation is 1. The molecular weight excluding hydrogens is 220 g/mol. The summed E-state index contributed by atoms with van der Waals surface area (Å²) in [4.78, 5) is 15.1. The molecule has 2 heterocycles. The van der Waals surface area contributed by atoms with E-state index in [1.807, 2.05) is 18.4 Å². The molecule has 0 aliphatic carbocycles. The molecule has 0 spiro atoms. The molecule has 2 rings (SSSR count). The van der Waals surface area contributed by atoms with Crippen LogP contribution in [0.15, 0.2) is 11.4 Å². The lowest BCUT2D eigenvalue weighted by Gasteiger charge is -2.29. The van der Waals surface area contributed by atoms with Gasteiger partial charge in [0, 0.05) is 19.1 Å². The van der Waals surface area contributed by atoms with Gasteiger partial charge in [0.05, 0.1) is 11.4 Å². The maximum Gasteiger partial charge on any atom is 0.186 e. The third-order valence-corrected chi connectivity index (χ3v) is 4.17. The zero-order chi connectivity index (χ0) is 11.5. The predicted molar refractivity (Wildman–Crippen MR) is 67.0 cm³/mol. The summed E-state index contributed by atoms with van der Waals surface area (Å²) in [5, 5.41) is 1.98. The molecule has 4 heteroatoms. The summed E-state index contributed by atoms with van der Waals surface area (Å²) >= 11 is 1.55. The van der Waals surface area contributed by atoms with Crippen LogP contribution < -0.4 is 5.73 Å². The largest absolute Gasteiger partial charge is 0.328 e. The molecule has 88 valence electrons. The van der Waals surface area contributed by atoms with Crippen LogP contribution >= 0.6 is 11.3 Å². The zero-order valence-corrected chi connectivity index (χ0v) is 10.4. The number of thiophene rings is 1. The molecule has 2 N–H and O–H groups in total. The Morgan fingerprint density at radius 1 is 1.56 bits per heavy atom. The molecule has 3 nitrogen and oxygen atoms in total. The fraction of sp³-hybridized carbons (Fsp3) is 0.583. The van der Waals surface area contributed by atoms with E-state index in [1.165, 1.54) is 0 Å². The molecule has 1 aliphatic rings. The number of rotatable bonds is 3. The fourth-order valence-electron chi connectivity index (χ4n) is 2.04. The third kappa shape index (κ3) is 2.70. The Kier molecular flexibility index (Phi) is 3.74. The predicted octanol–water partition coefficient (Wildman–Crippen LogP) is 1.66. The molecule has 1 aliphatic heterocycles. The first kappa shape index (κ1) is 11.8. The molecule has 16 heavy (non-hydrogen) atoms. The number of ketones is 1. The summed E-state index contributed by atoms with van der Waals surface area (Å²) in [6.45, 7) is 4.46. The average molecular weight is 238 g/mol. The molecule has 1 aromatic rings. The second kappa shape index (κ2) is 5.08. The number of nitrogens with zero attached hydrogens (tertiary/aromatic N) is 1. The van der Waals surface area contributed by atoms with E-state index in [1.54, 1.807) is 11.3 Å². The maximum absolute atomic E-state index is 12.0. The van der Waals surface area contributed by atoms with Crippen molar-refractivity contribution < 1.29 is 4.79 Å². The highest BCUT2D eigenvalue weighted by Gasteiger charge is 2.20. The number of likely N-dealkylation sites (tertiary alicyclic amines) is 1. The van der Waals surface area contributed by atoms with Gasteiger partial charge in [0.15, 0.2) is 5.78 Å². The van der Waals surface area contributed by atoms with Gasteiger partial charge in [-0.25, -0.2) is 0 Å². The highest BCUT2D eigenvalue weighted by atomic mass is 32.1. The zero-order valence-electron chi connectivity index (χ0n) is 9.61. The number of carbonyl (C=O) groups excluding carboxylic acids is 1. The van der Waals surface area contributed by atoms with Crippen LogP contribution in [0.25, 0.3) is 0 Å². The second-order valence-corrected chi connectivity index (χ2v) is 5.39. The van der Waals surface area contributed by atoms with Crippen molar-refractivity contribution >= 4 is 17.1 Å². The minimum atomic E-state index is 0.253. The van der Waals surface area contributed by atoms with Crippen LogP contribution in [0.5, 0.6) is 0 Å². The normalized spacial score (nSPS) is 18.9. The Bertz CT molecular complexity index is 367.